The summed E-state index contributed by atoms with van der Waals surface area (Å²) < 4.78 is 0. The number of fused-ring (bicyclic) bond motifs is 1. The molecule has 0 spiro atoms. The number of pyridine rings is 1. The van der Waals surface area contributed by atoms with Gasteiger partial charge in [-0.3, -0.25) is 9.69 Å². The van der Waals surface area contributed by atoms with Gasteiger partial charge in [0.15, 0.2) is 5.13 Å². The second-order valence-electron chi connectivity index (χ2n) is 9.14. The Balaban J connectivity index is 1.03. The van der Waals surface area contributed by atoms with Crippen LogP contribution in [-0.2, 0) is 4.79 Å². The number of aryl methyl sites for hydroxylation is 1. The van der Waals surface area contributed by atoms with Crippen LogP contribution < -0.4 is 15.1 Å². The molecule has 34 heavy (non-hydrogen) atoms. The number of benzene rings is 1. The van der Waals surface area contributed by atoms with Crippen molar-refractivity contribution in [1.82, 2.24) is 20.2 Å². The van der Waals surface area contributed by atoms with Crippen molar-refractivity contribution >= 4 is 50.0 Å². The van der Waals surface area contributed by atoms with Crippen LogP contribution in [0.15, 0.2) is 36.5 Å². The molecule has 7 nitrogen and oxygen atoms in total. The van der Waals surface area contributed by atoms with E-state index in [4.69, 9.17) is 16.6 Å². The van der Waals surface area contributed by atoms with Crippen molar-refractivity contribution in [2.75, 3.05) is 62.2 Å². The van der Waals surface area contributed by atoms with E-state index in [9.17, 15) is 4.79 Å². The molecule has 0 bridgehead atoms. The molecule has 5 rings (SSSR count). The van der Waals surface area contributed by atoms with Crippen LogP contribution in [0.25, 0.3) is 10.3 Å². The number of hydrogen-bond acceptors (Lipinski definition) is 7. The highest BCUT2D eigenvalue weighted by atomic mass is 35.5. The van der Waals surface area contributed by atoms with Gasteiger partial charge >= 0.3 is 0 Å². The van der Waals surface area contributed by atoms with Crippen LogP contribution in [-0.4, -0.2) is 73.1 Å². The van der Waals surface area contributed by atoms with E-state index in [-0.39, 0.29) is 11.8 Å². The van der Waals surface area contributed by atoms with Gasteiger partial charge in [0, 0.05) is 75.2 Å². The largest absolute Gasteiger partial charge is 0.369 e. The highest BCUT2D eigenvalue weighted by Gasteiger charge is 2.27. The standard InChI is InChI=1S/C25H31ClN6OS/c1-18-4-5-20(26)17-22(18)31-15-13-30(14-16-31)12-9-27-23(33)19-6-10-32(11-7-19)25-29-21-3-2-8-28-24(21)34-25/h2-5,8,17,19H,6-7,9-16H2,1H3,(H,27,33). The van der Waals surface area contributed by atoms with E-state index >= 15 is 0 Å². The van der Waals surface area contributed by atoms with E-state index in [0.29, 0.717) is 6.54 Å². The molecule has 9 heteroatoms. The Morgan fingerprint density at radius 2 is 1.91 bits per heavy atom. The quantitative estimate of drug-likeness (QED) is 0.557. The van der Waals surface area contributed by atoms with Crippen LogP contribution in [0.5, 0.6) is 0 Å². The lowest BCUT2D eigenvalue weighted by molar-refractivity contribution is -0.125. The lowest BCUT2D eigenvalue weighted by Crippen LogP contribution is -2.49. The molecule has 2 saturated heterocycles. The fourth-order valence-corrected chi connectivity index (χ4v) is 5.97. The highest BCUT2D eigenvalue weighted by molar-refractivity contribution is 7.21. The number of nitrogens with one attached hydrogen (secondary N) is 1. The maximum Gasteiger partial charge on any atom is 0.223 e. The Hall–Kier alpha value is -2.42. The Labute approximate surface area is 209 Å². The van der Waals surface area contributed by atoms with Crippen LogP contribution in [0.2, 0.25) is 5.02 Å². The second-order valence-corrected chi connectivity index (χ2v) is 10.5. The molecule has 1 N–H and O–H groups in total. The third kappa shape index (κ3) is 5.29. The first-order valence-corrected chi connectivity index (χ1v) is 13.2. The Bertz CT molecular complexity index is 1100. The van der Waals surface area contributed by atoms with Gasteiger partial charge < -0.3 is 15.1 Å². The molecule has 180 valence electrons. The van der Waals surface area contributed by atoms with Crippen LogP contribution in [0.3, 0.4) is 0 Å². The van der Waals surface area contributed by atoms with E-state index < -0.39 is 0 Å². The van der Waals surface area contributed by atoms with Crippen LogP contribution in [0, 0.1) is 12.8 Å². The number of hydrogen-bond donors (Lipinski definition) is 1. The summed E-state index contributed by atoms with van der Waals surface area (Å²) in [7, 11) is 0. The summed E-state index contributed by atoms with van der Waals surface area (Å²) in [6, 6.07) is 10.0. The van der Waals surface area contributed by atoms with Gasteiger partial charge in [0.1, 0.15) is 10.3 Å². The molecule has 2 fully saturated rings. The van der Waals surface area contributed by atoms with E-state index in [1.54, 1.807) is 17.5 Å². The van der Waals surface area contributed by atoms with Crippen molar-refractivity contribution in [2.45, 2.75) is 19.8 Å². The molecule has 0 radical (unpaired) electrons. The lowest BCUT2D eigenvalue weighted by atomic mass is 9.96. The third-order valence-electron chi connectivity index (χ3n) is 6.90. The van der Waals surface area contributed by atoms with Crippen LogP contribution in [0.1, 0.15) is 18.4 Å². The first-order chi connectivity index (χ1) is 16.6. The number of aromatic nitrogens is 2. The number of rotatable bonds is 6. The SMILES string of the molecule is Cc1ccc(Cl)cc1N1CCN(CCNC(=O)C2CCN(c3nc4cccnc4s3)CC2)CC1. The van der Waals surface area contributed by atoms with Crippen molar-refractivity contribution in [3.05, 3.63) is 47.1 Å². The number of piperidine rings is 1. The van der Waals surface area contributed by atoms with Crippen molar-refractivity contribution in [1.29, 1.82) is 0 Å². The summed E-state index contributed by atoms with van der Waals surface area (Å²) in [6.45, 7) is 9.42. The van der Waals surface area contributed by atoms with E-state index in [1.165, 1.54) is 11.3 Å². The van der Waals surface area contributed by atoms with Gasteiger partial charge in [-0.2, -0.15) is 0 Å². The van der Waals surface area contributed by atoms with Crippen molar-refractivity contribution < 1.29 is 4.79 Å². The van der Waals surface area contributed by atoms with Gasteiger partial charge in [0.2, 0.25) is 5.91 Å². The fourth-order valence-electron chi connectivity index (χ4n) is 4.84. The van der Waals surface area contributed by atoms with Crippen molar-refractivity contribution in [3.8, 4) is 0 Å². The lowest BCUT2D eigenvalue weighted by Gasteiger charge is -2.37. The summed E-state index contributed by atoms with van der Waals surface area (Å²) in [4.78, 5) is 29.9. The molecule has 3 aromatic rings. The number of halogens is 1. The highest BCUT2D eigenvalue weighted by Crippen LogP contribution is 2.30. The van der Waals surface area contributed by atoms with Gasteiger partial charge in [0.25, 0.3) is 0 Å². The third-order valence-corrected chi connectivity index (χ3v) is 8.18. The van der Waals surface area contributed by atoms with E-state index in [2.05, 4.69) is 44.1 Å². The predicted octanol–water partition coefficient (Wildman–Crippen LogP) is 3.81. The zero-order chi connectivity index (χ0) is 23.5. The van der Waals surface area contributed by atoms with Gasteiger partial charge in [0.05, 0.1) is 0 Å². The molecule has 0 atom stereocenters. The Morgan fingerprint density at radius 3 is 2.68 bits per heavy atom. The molecule has 0 saturated carbocycles. The minimum absolute atomic E-state index is 0.0893. The second kappa shape index (κ2) is 10.5. The van der Waals surface area contributed by atoms with Gasteiger partial charge in [-0.05, 0) is 49.6 Å². The molecule has 2 aliphatic heterocycles. The molecule has 1 aromatic carbocycles. The summed E-state index contributed by atoms with van der Waals surface area (Å²) in [5.74, 6) is 0.283. The number of carbonyl (C=O) groups is 1. The molecular formula is C25H31ClN6OS. The molecule has 0 unspecified atom stereocenters. The first kappa shape index (κ1) is 23.3. The fraction of sp³-hybridized carbons (Fsp3) is 0.480. The number of carbonyl (C=O) groups excluding carboxylic acids is 1. The number of amides is 1. The van der Waals surface area contributed by atoms with Gasteiger partial charge in [-0.1, -0.05) is 29.0 Å². The molecule has 4 heterocycles. The predicted molar refractivity (Wildman–Crippen MR) is 140 cm³/mol. The zero-order valence-electron chi connectivity index (χ0n) is 19.5. The Kier molecular flexibility index (Phi) is 7.18. The number of thiazole rings is 1. The first-order valence-electron chi connectivity index (χ1n) is 12.0. The molecular weight excluding hydrogens is 468 g/mol. The number of piperazine rings is 1. The monoisotopic (exact) mass is 498 g/mol. The topological polar surface area (TPSA) is 64.6 Å². The average molecular weight is 499 g/mol. The maximum atomic E-state index is 12.7. The summed E-state index contributed by atoms with van der Waals surface area (Å²) in [5.41, 5.74) is 3.44. The number of anilines is 2. The Morgan fingerprint density at radius 1 is 1.12 bits per heavy atom. The minimum atomic E-state index is 0.0893. The van der Waals surface area contributed by atoms with E-state index in [1.807, 2.05) is 18.2 Å². The average Bonchev–Trinajstić information content (AvgIpc) is 3.30. The van der Waals surface area contributed by atoms with E-state index in [0.717, 1.165) is 79.2 Å². The molecule has 2 aromatic heterocycles. The zero-order valence-corrected chi connectivity index (χ0v) is 21.1. The maximum absolute atomic E-state index is 12.7. The van der Waals surface area contributed by atoms with Crippen molar-refractivity contribution in [3.63, 3.8) is 0 Å². The molecule has 2 aliphatic rings. The van der Waals surface area contributed by atoms with Crippen LogP contribution >= 0.6 is 22.9 Å². The number of nitrogens with zero attached hydrogens (tertiary/aromatic N) is 5. The summed E-state index contributed by atoms with van der Waals surface area (Å²) in [6.07, 6.45) is 3.54. The molecule has 1 amide bonds. The van der Waals surface area contributed by atoms with Crippen molar-refractivity contribution in [2.24, 2.45) is 5.92 Å². The minimum Gasteiger partial charge on any atom is -0.369 e. The smallest absolute Gasteiger partial charge is 0.223 e. The summed E-state index contributed by atoms with van der Waals surface area (Å²) >= 11 is 7.83. The normalized spacial score (nSPS) is 17.9. The summed E-state index contributed by atoms with van der Waals surface area (Å²) in [5, 5.41) is 4.98. The van der Waals surface area contributed by atoms with Gasteiger partial charge in [-0.15, -0.1) is 0 Å². The van der Waals surface area contributed by atoms with Gasteiger partial charge in [-0.25, -0.2) is 9.97 Å². The van der Waals surface area contributed by atoms with Crippen LogP contribution in [0.4, 0.5) is 10.8 Å². The molecule has 0 aliphatic carbocycles.